The number of rotatable bonds is 8. The van der Waals surface area contributed by atoms with Crippen molar-refractivity contribution in [2.24, 2.45) is 5.14 Å². The third-order valence-electron chi connectivity index (χ3n) is 3.26. The van der Waals surface area contributed by atoms with Gasteiger partial charge in [0.1, 0.15) is 18.2 Å². The Morgan fingerprint density at radius 3 is 2.48 bits per heavy atom. The van der Waals surface area contributed by atoms with Gasteiger partial charge in [0.2, 0.25) is 10.0 Å². The van der Waals surface area contributed by atoms with Crippen LogP contribution in [0, 0.1) is 5.82 Å². The lowest BCUT2D eigenvalue weighted by atomic mass is 10.2. The molecule has 2 aromatic carbocycles. The Labute approximate surface area is 155 Å². The average Bonchev–Trinajstić information content (AvgIpc) is 2.63. The zero-order valence-electron chi connectivity index (χ0n) is 14.1. The van der Waals surface area contributed by atoms with Gasteiger partial charge in [0.05, 0.1) is 17.0 Å². The molecule has 10 heteroatoms. The molecule has 0 fully saturated rings. The van der Waals surface area contributed by atoms with Crippen molar-refractivity contribution < 1.29 is 31.9 Å². The first-order chi connectivity index (χ1) is 12.8. The van der Waals surface area contributed by atoms with E-state index in [1.165, 1.54) is 0 Å². The summed E-state index contributed by atoms with van der Waals surface area (Å²) in [5, 5.41) is 7.39. The van der Waals surface area contributed by atoms with Crippen LogP contribution in [0.25, 0.3) is 0 Å². The van der Waals surface area contributed by atoms with Gasteiger partial charge in [0, 0.05) is 0 Å². The highest BCUT2D eigenvalue weighted by molar-refractivity contribution is 7.89. The molecule has 0 atom stereocenters. The Bertz CT molecular complexity index is 918. The van der Waals surface area contributed by atoms with Gasteiger partial charge in [-0.15, -0.1) is 0 Å². The summed E-state index contributed by atoms with van der Waals surface area (Å²) < 4.78 is 46.3. The molecule has 3 N–H and O–H groups in total. The summed E-state index contributed by atoms with van der Waals surface area (Å²) in [6.07, 6.45) is 0. The summed E-state index contributed by atoms with van der Waals surface area (Å²) in [5.41, 5.74) is -0.637. The number of nitrogens with one attached hydrogen (secondary N) is 1. The molecule has 0 aliphatic rings. The Hall–Kier alpha value is -2.98. The average molecular weight is 396 g/mol. The predicted molar refractivity (Wildman–Crippen MR) is 93.0 cm³/mol. The fourth-order valence-electron chi connectivity index (χ4n) is 1.97. The number of para-hydroxylation sites is 1. The van der Waals surface area contributed by atoms with Gasteiger partial charge >= 0.3 is 5.97 Å². The number of primary sulfonamides is 1. The summed E-state index contributed by atoms with van der Waals surface area (Å²) in [4.78, 5) is 23.1. The van der Waals surface area contributed by atoms with E-state index in [0.29, 0.717) is 5.75 Å². The van der Waals surface area contributed by atoms with Crippen molar-refractivity contribution in [3.63, 3.8) is 0 Å². The van der Waals surface area contributed by atoms with Gasteiger partial charge in [-0.1, -0.05) is 18.2 Å². The Balaban J connectivity index is 1.80. The highest BCUT2D eigenvalue weighted by Gasteiger charge is 2.18. The molecule has 0 bridgehead atoms. The van der Waals surface area contributed by atoms with Crippen molar-refractivity contribution in [3.8, 4) is 5.75 Å². The second-order valence-corrected chi connectivity index (χ2v) is 6.84. The maximum atomic E-state index is 13.7. The van der Waals surface area contributed by atoms with E-state index in [1.54, 1.807) is 24.3 Å². The molecule has 0 saturated carbocycles. The molecule has 0 saturated heterocycles. The van der Waals surface area contributed by atoms with Gasteiger partial charge < -0.3 is 14.8 Å². The normalized spacial score (nSPS) is 10.9. The monoisotopic (exact) mass is 396 g/mol. The van der Waals surface area contributed by atoms with E-state index in [1.807, 2.05) is 6.07 Å². The Morgan fingerprint density at radius 1 is 1.11 bits per heavy atom. The lowest BCUT2D eigenvalue weighted by molar-refractivity contribution is -0.124. The van der Waals surface area contributed by atoms with Crippen LogP contribution in [0.15, 0.2) is 53.4 Å². The minimum absolute atomic E-state index is 0.167. The zero-order chi connectivity index (χ0) is 19.9. The summed E-state index contributed by atoms with van der Waals surface area (Å²) in [5.74, 6) is -2.16. The predicted octanol–water partition coefficient (Wildman–Crippen LogP) is 0.825. The largest absolute Gasteiger partial charge is 0.492 e. The zero-order valence-corrected chi connectivity index (χ0v) is 14.9. The van der Waals surface area contributed by atoms with E-state index in [0.717, 1.165) is 18.2 Å². The smallest absolute Gasteiger partial charge is 0.341 e. The number of halogens is 1. The topological polar surface area (TPSA) is 125 Å². The molecular formula is C17H17FN2O6S. The van der Waals surface area contributed by atoms with E-state index in [4.69, 9.17) is 9.88 Å². The molecule has 2 rings (SSSR count). The highest BCUT2D eigenvalue weighted by atomic mass is 32.2. The van der Waals surface area contributed by atoms with Crippen LogP contribution in [0.5, 0.6) is 5.75 Å². The molecule has 0 heterocycles. The van der Waals surface area contributed by atoms with Crippen LogP contribution in [0.2, 0.25) is 0 Å². The summed E-state index contributed by atoms with van der Waals surface area (Å²) >= 11 is 0. The number of nitrogens with two attached hydrogens (primary N) is 1. The molecule has 1 amide bonds. The van der Waals surface area contributed by atoms with Gasteiger partial charge in [-0.2, -0.15) is 0 Å². The molecule has 0 aromatic heterocycles. The Kier molecular flexibility index (Phi) is 6.85. The molecular weight excluding hydrogens is 379 g/mol. The van der Waals surface area contributed by atoms with Crippen LogP contribution < -0.4 is 15.2 Å². The van der Waals surface area contributed by atoms with Crippen LogP contribution in [0.4, 0.5) is 4.39 Å². The molecule has 0 spiro atoms. The standard InChI is InChI=1S/C17H17FN2O6S/c18-15-7-6-13(27(19,23)24)10-14(15)17(22)26-11-16(21)20-8-9-25-12-4-2-1-3-5-12/h1-7,10H,8-9,11H2,(H,20,21)(H2,19,23,24). The molecule has 0 unspecified atom stereocenters. The van der Waals surface area contributed by atoms with Crippen molar-refractivity contribution in [2.45, 2.75) is 4.90 Å². The number of esters is 1. The minimum atomic E-state index is -4.11. The van der Waals surface area contributed by atoms with E-state index < -0.39 is 44.8 Å². The second-order valence-electron chi connectivity index (χ2n) is 5.27. The minimum Gasteiger partial charge on any atom is -0.492 e. The van der Waals surface area contributed by atoms with Crippen LogP contribution in [-0.4, -0.2) is 40.1 Å². The van der Waals surface area contributed by atoms with Crippen molar-refractivity contribution in [3.05, 3.63) is 59.9 Å². The van der Waals surface area contributed by atoms with Crippen molar-refractivity contribution in [2.75, 3.05) is 19.8 Å². The second kappa shape index (κ2) is 9.10. The number of hydrogen-bond donors (Lipinski definition) is 2. The number of sulfonamides is 1. The van der Waals surface area contributed by atoms with Crippen molar-refractivity contribution >= 4 is 21.9 Å². The molecule has 0 radical (unpaired) electrons. The summed E-state index contributed by atoms with van der Waals surface area (Å²) in [6.45, 7) is -0.293. The SMILES string of the molecule is NS(=O)(=O)c1ccc(F)c(C(=O)OCC(=O)NCCOc2ccccc2)c1. The van der Waals surface area contributed by atoms with Crippen LogP contribution >= 0.6 is 0 Å². The van der Waals surface area contributed by atoms with Crippen LogP contribution in [-0.2, 0) is 19.6 Å². The van der Waals surface area contributed by atoms with Gasteiger partial charge in [-0.3, -0.25) is 4.79 Å². The summed E-state index contributed by atoms with van der Waals surface area (Å²) in [7, 11) is -4.11. The third kappa shape index (κ3) is 6.35. The molecule has 2 aromatic rings. The first-order valence-electron chi connectivity index (χ1n) is 7.71. The Morgan fingerprint density at radius 2 is 1.81 bits per heavy atom. The van der Waals surface area contributed by atoms with E-state index in [2.05, 4.69) is 10.1 Å². The van der Waals surface area contributed by atoms with Gasteiger partial charge in [0.25, 0.3) is 5.91 Å². The molecule has 8 nitrogen and oxygen atoms in total. The van der Waals surface area contributed by atoms with Crippen LogP contribution in [0.3, 0.4) is 0 Å². The number of hydrogen-bond acceptors (Lipinski definition) is 6. The maximum Gasteiger partial charge on any atom is 0.341 e. The first-order valence-corrected chi connectivity index (χ1v) is 9.26. The number of benzene rings is 2. The molecule has 27 heavy (non-hydrogen) atoms. The highest BCUT2D eigenvalue weighted by Crippen LogP contribution is 2.15. The number of amides is 1. The number of carbonyl (C=O) groups excluding carboxylic acids is 2. The third-order valence-corrected chi connectivity index (χ3v) is 4.17. The van der Waals surface area contributed by atoms with Crippen molar-refractivity contribution in [1.29, 1.82) is 0 Å². The fraction of sp³-hybridized carbons (Fsp3) is 0.176. The van der Waals surface area contributed by atoms with E-state index in [9.17, 15) is 22.4 Å². The van der Waals surface area contributed by atoms with Gasteiger partial charge in [-0.25, -0.2) is 22.7 Å². The fourth-order valence-corrected chi connectivity index (χ4v) is 2.51. The van der Waals surface area contributed by atoms with Gasteiger partial charge in [-0.05, 0) is 30.3 Å². The number of ether oxygens (including phenoxy) is 2. The van der Waals surface area contributed by atoms with E-state index in [-0.39, 0.29) is 13.2 Å². The number of carbonyl (C=O) groups is 2. The van der Waals surface area contributed by atoms with E-state index >= 15 is 0 Å². The first kappa shape index (κ1) is 20.3. The molecule has 0 aliphatic carbocycles. The maximum absolute atomic E-state index is 13.7. The van der Waals surface area contributed by atoms with Crippen LogP contribution in [0.1, 0.15) is 10.4 Å². The lowest BCUT2D eigenvalue weighted by Crippen LogP contribution is -2.32. The van der Waals surface area contributed by atoms with Crippen molar-refractivity contribution in [1.82, 2.24) is 5.32 Å². The lowest BCUT2D eigenvalue weighted by Gasteiger charge is -2.09. The summed E-state index contributed by atoms with van der Waals surface area (Å²) in [6, 6.07) is 11.4. The quantitative estimate of drug-likeness (QED) is 0.503. The molecule has 0 aliphatic heterocycles. The van der Waals surface area contributed by atoms with Gasteiger partial charge in [0.15, 0.2) is 6.61 Å². The molecule has 144 valence electrons.